The lowest BCUT2D eigenvalue weighted by molar-refractivity contribution is -0.142. The van der Waals surface area contributed by atoms with Gasteiger partial charge in [-0.05, 0) is 30.3 Å². The van der Waals surface area contributed by atoms with Crippen LogP contribution >= 0.6 is 11.8 Å². The van der Waals surface area contributed by atoms with Crippen LogP contribution in [0.3, 0.4) is 0 Å². The second-order valence-electron chi connectivity index (χ2n) is 6.46. The van der Waals surface area contributed by atoms with Gasteiger partial charge in [0.2, 0.25) is 0 Å². The van der Waals surface area contributed by atoms with Crippen LogP contribution in [0.4, 0.5) is 13.2 Å². The fourth-order valence-corrected chi connectivity index (χ4v) is 4.02. The summed E-state index contributed by atoms with van der Waals surface area (Å²) in [6, 6.07) is 8.81. The van der Waals surface area contributed by atoms with E-state index in [0.717, 1.165) is 17.6 Å². The van der Waals surface area contributed by atoms with E-state index in [9.17, 15) is 18.0 Å². The minimum atomic E-state index is -4.66. The molecule has 0 aliphatic carbocycles. The van der Waals surface area contributed by atoms with Gasteiger partial charge in [0.1, 0.15) is 5.75 Å². The molecule has 1 fully saturated rings. The predicted octanol–water partition coefficient (Wildman–Crippen LogP) is 4.64. The molecule has 0 saturated carbocycles. The number of benzene rings is 1. The second kappa shape index (κ2) is 9.59. The van der Waals surface area contributed by atoms with Crippen molar-refractivity contribution in [3.05, 3.63) is 47.8 Å². The molecule has 1 saturated heterocycles. The number of nitrogens with zero attached hydrogens (tertiary/aromatic N) is 4. The maximum absolute atomic E-state index is 13.7. The molecule has 166 valence electrons. The summed E-state index contributed by atoms with van der Waals surface area (Å²) in [4.78, 5) is 18.6. The Bertz CT molecular complexity index is 1050. The van der Waals surface area contributed by atoms with Crippen molar-refractivity contribution in [2.24, 2.45) is 0 Å². The molecule has 0 radical (unpaired) electrons. The number of halogens is 3. The van der Waals surface area contributed by atoms with Crippen molar-refractivity contribution in [3.63, 3.8) is 0 Å². The van der Waals surface area contributed by atoms with Crippen LogP contribution in [-0.4, -0.2) is 57.1 Å². The number of methoxy groups -OCH3 is 1. The molecule has 0 spiro atoms. The van der Waals surface area contributed by atoms with E-state index in [2.05, 4.69) is 10.1 Å². The molecule has 1 aromatic carbocycles. The lowest BCUT2D eigenvalue weighted by Gasteiger charge is -2.25. The van der Waals surface area contributed by atoms with Gasteiger partial charge >= 0.3 is 6.18 Å². The molecule has 0 unspecified atom stereocenters. The molecule has 6 nitrogen and oxygen atoms in total. The van der Waals surface area contributed by atoms with Crippen molar-refractivity contribution in [1.82, 2.24) is 19.5 Å². The first-order valence-electron chi connectivity index (χ1n) is 9.86. The van der Waals surface area contributed by atoms with Gasteiger partial charge in [-0.2, -0.15) is 30.0 Å². The summed E-state index contributed by atoms with van der Waals surface area (Å²) >= 11 is 1.73. The van der Waals surface area contributed by atoms with Gasteiger partial charge in [0.05, 0.1) is 12.8 Å². The number of carbonyl (C=O) groups is 1. The first kappa shape index (κ1) is 22.9. The van der Waals surface area contributed by atoms with Crippen LogP contribution in [0.15, 0.2) is 36.4 Å². The Kier molecular flexibility index (Phi) is 7.09. The van der Waals surface area contributed by atoms with Crippen LogP contribution in [0, 0.1) is 0 Å². The maximum atomic E-state index is 13.7. The normalized spacial score (nSPS) is 14.2. The SMILES string of the molecule is CC.COc1ccc(-c2cc(C(F)(F)F)n3nc(C(=O)N4CCSCC4)cc3n2)cc1. The predicted molar refractivity (Wildman–Crippen MR) is 115 cm³/mol. The molecule has 0 N–H and O–H groups in total. The molecule has 2 aromatic heterocycles. The Morgan fingerprint density at radius 2 is 1.74 bits per heavy atom. The third-order valence-electron chi connectivity index (χ3n) is 4.62. The highest BCUT2D eigenvalue weighted by Gasteiger charge is 2.36. The number of ether oxygens (including phenoxy) is 1. The third-order valence-corrected chi connectivity index (χ3v) is 5.56. The van der Waals surface area contributed by atoms with Gasteiger partial charge in [0, 0.05) is 36.2 Å². The minimum absolute atomic E-state index is 0.0274. The molecule has 4 rings (SSSR count). The lowest BCUT2D eigenvalue weighted by atomic mass is 10.1. The van der Waals surface area contributed by atoms with Crippen LogP contribution in [0.25, 0.3) is 16.9 Å². The standard InChI is InChI=1S/C19H17F3N4O2S.C2H6/c1-28-13-4-2-12(3-5-13)14-10-16(19(20,21)22)26-17(23-14)11-15(24-26)18(27)25-6-8-29-9-7-25;1-2/h2-5,10-11H,6-9H2,1H3;1-2H3. The fraction of sp³-hybridized carbons (Fsp3) is 0.381. The van der Waals surface area contributed by atoms with Crippen LogP contribution in [-0.2, 0) is 6.18 Å². The number of fused-ring (bicyclic) bond motifs is 1. The number of hydrogen-bond acceptors (Lipinski definition) is 5. The van der Waals surface area contributed by atoms with Crippen LogP contribution < -0.4 is 4.74 Å². The van der Waals surface area contributed by atoms with E-state index in [-0.39, 0.29) is 22.9 Å². The quantitative estimate of drug-likeness (QED) is 0.580. The molecule has 3 heterocycles. The Labute approximate surface area is 182 Å². The fourth-order valence-electron chi connectivity index (χ4n) is 3.12. The van der Waals surface area contributed by atoms with Gasteiger partial charge in [-0.3, -0.25) is 4.79 Å². The van der Waals surface area contributed by atoms with Gasteiger partial charge in [0.25, 0.3) is 5.91 Å². The van der Waals surface area contributed by atoms with E-state index >= 15 is 0 Å². The summed E-state index contributed by atoms with van der Waals surface area (Å²) in [6.45, 7) is 5.10. The highest BCUT2D eigenvalue weighted by atomic mass is 32.2. The van der Waals surface area contributed by atoms with Crippen LogP contribution in [0.1, 0.15) is 30.0 Å². The number of aromatic nitrogens is 3. The second-order valence-corrected chi connectivity index (χ2v) is 7.68. The number of amides is 1. The zero-order valence-electron chi connectivity index (χ0n) is 17.4. The van der Waals surface area contributed by atoms with E-state index in [1.165, 1.54) is 13.2 Å². The Morgan fingerprint density at radius 1 is 1.10 bits per heavy atom. The van der Waals surface area contributed by atoms with Gasteiger partial charge in [-0.15, -0.1) is 0 Å². The summed E-state index contributed by atoms with van der Waals surface area (Å²) in [7, 11) is 1.51. The van der Waals surface area contributed by atoms with Gasteiger partial charge < -0.3 is 9.64 Å². The van der Waals surface area contributed by atoms with Gasteiger partial charge in [0.15, 0.2) is 17.0 Å². The molecule has 1 amide bonds. The zero-order chi connectivity index (χ0) is 22.6. The van der Waals surface area contributed by atoms with Crippen molar-refractivity contribution >= 4 is 23.3 Å². The third kappa shape index (κ3) is 4.95. The highest BCUT2D eigenvalue weighted by Crippen LogP contribution is 2.33. The van der Waals surface area contributed by atoms with E-state index in [1.54, 1.807) is 40.9 Å². The number of carbonyl (C=O) groups excluding carboxylic acids is 1. The number of rotatable bonds is 3. The first-order chi connectivity index (χ1) is 14.9. The maximum Gasteiger partial charge on any atom is 0.433 e. The first-order valence-corrected chi connectivity index (χ1v) is 11.0. The summed E-state index contributed by atoms with van der Waals surface area (Å²) in [5.41, 5.74) is -0.412. The topological polar surface area (TPSA) is 59.7 Å². The van der Waals surface area contributed by atoms with E-state index in [1.807, 2.05) is 13.8 Å². The van der Waals surface area contributed by atoms with Crippen molar-refractivity contribution in [2.45, 2.75) is 20.0 Å². The monoisotopic (exact) mass is 452 g/mol. The van der Waals surface area contributed by atoms with E-state index in [0.29, 0.717) is 28.9 Å². The number of thioether (sulfide) groups is 1. The molecule has 0 bridgehead atoms. The molecular formula is C21H23F3N4O2S. The largest absolute Gasteiger partial charge is 0.497 e. The van der Waals surface area contributed by atoms with Gasteiger partial charge in [-0.25, -0.2) is 9.50 Å². The summed E-state index contributed by atoms with van der Waals surface area (Å²) in [5.74, 6) is 1.80. The zero-order valence-corrected chi connectivity index (χ0v) is 18.3. The molecule has 0 atom stereocenters. The van der Waals surface area contributed by atoms with Crippen LogP contribution in [0.5, 0.6) is 5.75 Å². The van der Waals surface area contributed by atoms with Crippen LogP contribution in [0.2, 0.25) is 0 Å². The average Bonchev–Trinajstić information content (AvgIpc) is 3.23. The Balaban J connectivity index is 0.00000132. The van der Waals surface area contributed by atoms with Crippen molar-refractivity contribution in [1.29, 1.82) is 0 Å². The lowest BCUT2D eigenvalue weighted by Crippen LogP contribution is -2.38. The molecule has 3 aromatic rings. The molecule has 31 heavy (non-hydrogen) atoms. The van der Waals surface area contributed by atoms with Crippen molar-refractivity contribution < 1.29 is 22.7 Å². The van der Waals surface area contributed by atoms with E-state index in [4.69, 9.17) is 4.74 Å². The minimum Gasteiger partial charge on any atom is -0.497 e. The van der Waals surface area contributed by atoms with E-state index < -0.39 is 11.9 Å². The molecule has 10 heteroatoms. The average molecular weight is 453 g/mol. The Hall–Kier alpha value is -2.75. The number of hydrogen-bond donors (Lipinski definition) is 0. The molecule has 1 aliphatic rings. The number of alkyl halides is 3. The molecule has 1 aliphatic heterocycles. The summed E-state index contributed by atoms with van der Waals surface area (Å²) in [5, 5.41) is 3.93. The van der Waals surface area contributed by atoms with Crippen molar-refractivity contribution in [3.8, 4) is 17.0 Å². The summed E-state index contributed by atoms with van der Waals surface area (Å²) in [6.07, 6.45) is -4.66. The van der Waals surface area contributed by atoms with Gasteiger partial charge in [-0.1, -0.05) is 13.8 Å². The smallest absolute Gasteiger partial charge is 0.433 e. The molecular weight excluding hydrogens is 429 g/mol. The highest BCUT2D eigenvalue weighted by molar-refractivity contribution is 7.99. The summed E-state index contributed by atoms with van der Waals surface area (Å²) < 4.78 is 46.8. The Morgan fingerprint density at radius 3 is 2.32 bits per heavy atom. The van der Waals surface area contributed by atoms with Crippen molar-refractivity contribution in [2.75, 3.05) is 31.7 Å².